The van der Waals surface area contributed by atoms with Crippen LogP contribution in [0.2, 0.25) is 0 Å². The van der Waals surface area contributed by atoms with Crippen molar-refractivity contribution in [2.45, 2.75) is 25.4 Å². The molecule has 1 saturated heterocycles. The van der Waals surface area contributed by atoms with Crippen LogP contribution in [0, 0.1) is 0 Å². The first-order valence-corrected chi connectivity index (χ1v) is 5.93. The first kappa shape index (κ1) is 12.1. The Morgan fingerprint density at radius 2 is 2.53 bits per heavy atom. The third-order valence-corrected chi connectivity index (χ3v) is 3.10. The summed E-state index contributed by atoms with van der Waals surface area (Å²) in [5.74, 6) is 0.722. The summed E-state index contributed by atoms with van der Waals surface area (Å²) in [6.45, 7) is 1.79. The van der Waals surface area contributed by atoms with Gasteiger partial charge in [-0.15, -0.1) is 0 Å². The summed E-state index contributed by atoms with van der Waals surface area (Å²) in [4.78, 5) is 13.7. The van der Waals surface area contributed by atoms with Gasteiger partial charge in [-0.05, 0) is 31.5 Å². The third-order valence-electron chi connectivity index (χ3n) is 3.10. The van der Waals surface area contributed by atoms with Gasteiger partial charge in [-0.1, -0.05) is 0 Å². The fourth-order valence-corrected chi connectivity index (χ4v) is 2.15. The third kappa shape index (κ3) is 3.31. The molecular weight excluding hydrogens is 220 g/mol. The fourth-order valence-electron chi connectivity index (χ4n) is 2.15. The molecule has 0 radical (unpaired) electrons. The zero-order valence-corrected chi connectivity index (χ0v) is 9.76. The molecule has 0 aliphatic carbocycles. The van der Waals surface area contributed by atoms with Crippen LogP contribution in [-0.2, 0) is 11.3 Å². The molecule has 1 aromatic rings. The van der Waals surface area contributed by atoms with Gasteiger partial charge >= 0.3 is 0 Å². The molecule has 5 heteroatoms. The molecule has 0 aromatic carbocycles. The molecule has 2 rings (SSSR count). The van der Waals surface area contributed by atoms with Gasteiger partial charge in [0.05, 0.1) is 26.0 Å². The van der Waals surface area contributed by atoms with Crippen molar-refractivity contribution in [1.29, 1.82) is 0 Å². The van der Waals surface area contributed by atoms with Crippen molar-refractivity contribution in [1.82, 2.24) is 10.2 Å². The fraction of sp³-hybridized carbons (Fsp3) is 0.583. The van der Waals surface area contributed by atoms with Crippen molar-refractivity contribution in [3.63, 3.8) is 0 Å². The molecule has 2 heterocycles. The number of hydrogen-bond acceptors (Lipinski definition) is 4. The number of likely N-dealkylation sites (tertiary alicyclic amines) is 1. The Bertz CT molecular complexity index is 351. The number of nitrogens with zero attached hydrogens (tertiary/aromatic N) is 1. The number of hydrogen-bond donors (Lipinski definition) is 2. The average molecular weight is 238 g/mol. The van der Waals surface area contributed by atoms with Crippen LogP contribution in [0.4, 0.5) is 0 Å². The monoisotopic (exact) mass is 238 g/mol. The van der Waals surface area contributed by atoms with E-state index in [1.165, 1.54) is 0 Å². The minimum absolute atomic E-state index is 0.0262. The second-order valence-corrected chi connectivity index (χ2v) is 4.31. The molecule has 0 bridgehead atoms. The quantitative estimate of drug-likeness (QED) is 0.777. The molecule has 0 saturated carbocycles. The van der Waals surface area contributed by atoms with Crippen LogP contribution in [0.3, 0.4) is 0 Å². The second-order valence-electron chi connectivity index (χ2n) is 4.31. The minimum Gasteiger partial charge on any atom is -0.467 e. The SMILES string of the molecule is O=C(CN1CCC[C@@H]1CO)NCc1ccco1. The highest BCUT2D eigenvalue weighted by molar-refractivity contribution is 5.78. The van der Waals surface area contributed by atoms with Gasteiger partial charge in [0.1, 0.15) is 5.76 Å². The molecule has 17 heavy (non-hydrogen) atoms. The Balaban J connectivity index is 1.73. The van der Waals surface area contributed by atoms with E-state index in [-0.39, 0.29) is 18.6 Å². The summed E-state index contributed by atoms with van der Waals surface area (Å²) >= 11 is 0. The van der Waals surface area contributed by atoms with E-state index in [2.05, 4.69) is 5.32 Å². The Kier molecular flexibility index (Phi) is 4.17. The zero-order valence-electron chi connectivity index (χ0n) is 9.76. The Labute approximate surface area is 100 Å². The van der Waals surface area contributed by atoms with Crippen molar-refractivity contribution in [2.24, 2.45) is 0 Å². The van der Waals surface area contributed by atoms with Crippen LogP contribution in [-0.4, -0.2) is 41.7 Å². The molecule has 1 atom stereocenters. The van der Waals surface area contributed by atoms with E-state index in [0.717, 1.165) is 25.1 Å². The van der Waals surface area contributed by atoms with Crippen molar-refractivity contribution in [3.05, 3.63) is 24.2 Å². The molecule has 0 unspecified atom stereocenters. The van der Waals surface area contributed by atoms with Gasteiger partial charge in [0.25, 0.3) is 0 Å². The summed E-state index contributed by atoms with van der Waals surface area (Å²) in [5.41, 5.74) is 0. The molecule has 1 amide bonds. The number of nitrogens with one attached hydrogen (secondary N) is 1. The van der Waals surface area contributed by atoms with Crippen LogP contribution in [0.1, 0.15) is 18.6 Å². The van der Waals surface area contributed by atoms with E-state index in [1.807, 2.05) is 11.0 Å². The smallest absolute Gasteiger partial charge is 0.234 e. The van der Waals surface area contributed by atoms with Gasteiger partial charge in [0, 0.05) is 6.04 Å². The molecule has 5 nitrogen and oxygen atoms in total. The molecular formula is C12H18N2O3. The van der Waals surface area contributed by atoms with E-state index in [9.17, 15) is 4.79 Å². The van der Waals surface area contributed by atoms with E-state index >= 15 is 0 Å². The highest BCUT2D eigenvalue weighted by atomic mass is 16.3. The lowest BCUT2D eigenvalue weighted by atomic mass is 10.2. The maximum absolute atomic E-state index is 11.7. The van der Waals surface area contributed by atoms with Gasteiger partial charge in [0.15, 0.2) is 0 Å². The number of furan rings is 1. The number of rotatable bonds is 5. The molecule has 1 fully saturated rings. The Hall–Kier alpha value is -1.33. The maximum atomic E-state index is 11.7. The molecule has 0 spiro atoms. The maximum Gasteiger partial charge on any atom is 0.234 e. The zero-order chi connectivity index (χ0) is 12.1. The van der Waals surface area contributed by atoms with E-state index in [4.69, 9.17) is 9.52 Å². The predicted molar refractivity (Wildman–Crippen MR) is 62.2 cm³/mol. The van der Waals surface area contributed by atoms with Gasteiger partial charge in [-0.2, -0.15) is 0 Å². The summed E-state index contributed by atoms with van der Waals surface area (Å²) in [7, 11) is 0. The Morgan fingerprint density at radius 1 is 1.65 bits per heavy atom. The molecule has 94 valence electrons. The molecule has 1 aliphatic heterocycles. The van der Waals surface area contributed by atoms with E-state index < -0.39 is 0 Å². The highest BCUT2D eigenvalue weighted by Crippen LogP contribution is 2.15. The van der Waals surface area contributed by atoms with Crippen molar-refractivity contribution in [3.8, 4) is 0 Å². The normalized spacial score (nSPS) is 20.6. The summed E-state index contributed by atoms with van der Waals surface area (Å²) in [6.07, 6.45) is 3.61. The minimum atomic E-state index is -0.0262. The van der Waals surface area contributed by atoms with Gasteiger partial charge in [-0.25, -0.2) is 0 Å². The van der Waals surface area contributed by atoms with Crippen LogP contribution < -0.4 is 5.32 Å². The molecule has 1 aliphatic rings. The van der Waals surface area contributed by atoms with Crippen LogP contribution >= 0.6 is 0 Å². The lowest BCUT2D eigenvalue weighted by Crippen LogP contribution is -2.40. The van der Waals surface area contributed by atoms with Crippen molar-refractivity contribution in [2.75, 3.05) is 19.7 Å². The standard InChI is InChI=1S/C12H18N2O3/c15-9-10-3-1-5-14(10)8-12(16)13-7-11-4-2-6-17-11/h2,4,6,10,15H,1,3,5,7-9H2,(H,13,16)/t10-/m1/s1. The predicted octanol–water partition coefficient (Wildman–Crippen LogP) is 0.353. The highest BCUT2D eigenvalue weighted by Gasteiger charge is 2.25. The molecule has 1 aromatic heterocycles. The van der Waals surface area contributed by atoms with Gasteiger partial charge in [-0.3, -0.25) is 9.69 Å². The number of amides is 1. The lowest BCUT2D eigenvalue weighted by Gasteiger charge is -2.21. The average Bonchev–Trinajstić information content (AvgIpc) is 2.97. The number of carbonyl (C=O) groups excluding carboxylic acids is 1. The number of aliphatic hydroxyl groups excluding tert-OH is 1. The van der Waals surface area contributed by atoms with E-state index in [1.54, 1.807) is 12.3 Å². The van der Waals surface area contributed by atoms with Crippen LogP contribution in [0.5, 0.6) is 0 Å². The van der Waals surface area contributed by atoms with Crippen LogP contribution in [0.15, 0.2) is 22.8 Å². The largest absolute Gasteiger partial charge is 0.467 e. The van der Waals surface area contributed by atoms with Crippen molar-refractivity contribution < 1.29 is 14.3 Å². The summed E-state index contributed by atoms with van der Waals surface area (Å²) in [5, 5.41) is 11.9. The topological polar surface area (TPSA) is 65.7 Å². The van der Waals surface area contributed by atoms with E-state index in [0.29, 0.717) is 13.1 Å². The first-order chi connectivity index (χ1) is 8.29. The number of carbonyl (C=O) groups is 1. The van der Waals surface area contributed by atoms with Crippen molar-refractivity contribution >= 4 is 5.91 Å². The number of aliphatic hydroxyl groups is 1. The summed E-state index contributed by atoms with van der Waals surface area (Å²) in [6, 6.07) is 3.76. The van der Waals surface area contributed by atoms with Gasteiger partial charge < -0.3 is 14.8 Å². The van der Waals surface area contributed by atoms with Gasteiger partial charge in [0.2, 0.25) is 5.91 Å². The molecule has 2 N–H and O–H groups in total. The second kappa shape index (κ2) is 5.84. The van der Waals surface area contributed by atoms with Crippen LogP contribution in [0.25, 0.3) is 0 Å². The Morgan fingerprint density at radius 3 is 3.24 bits per heavy atom. The first-order valence-electron chi connectivity index (χ1n) is 5.93. The summed E-state index contributed by atoms with van der Waals surface area (Å²) < 4.78 is 5.13. The lowest BCUT2D eigenvalue weighted by molar-refractivity contribution is -0.122.